The van der Waals surface area contributed by atoms with Crippen molar-refractivity contribution in [2.24, 2.45) is 5.73 Å². The van der Waals surface area contributed by atoms with Crippen LogP contribution < -0.4 is 11.1 Å². The van der Waals surface area contributed by atoms with E-state index in [0.29, 0.717) is 22.8 Å². The normalized spacial score (nSPS) is 10.4. The molecule has 0 saturated carbocycles. The van der Waals surface area contributed by atoms with E-state index in [0.717, 1.165) is 16.7 Å². The predicted molar refractivity (Wildman–Crippen MR) is 83.2 cm³/mol. The Labute approximate surface area is 123 Å². The van der Waals surface area contributed by atoms with Crippen molar-refractivity contribution in [1.29, 1.82) is 0 Å². The van der Waals surface area contributed by atoms with E-state index in [2.05, 4.69) is 5.32 Å². The van der Waals surface area contributed by atoms with Crippen LogP contribution in [0.25, 0.3) is 0 Å². The summed E-state index contributed by atoms with van der Waals surface area (Å²) < 4.78 is 0. The Morgan fingerprint density at radius 3 is 2.40 bits per heavy atom. The van der Waals surface area contributed by atoms with E-state index in [1.807, 2.05) is 38.1 Å². The lowest BCUT2D eigenvalue weighted by molar-refractivity contribution is 0.102. The molecule has 0 aromatic heterocycles. The highest BCUT2D eigenvalue weighted by molar-refractivity contribution is 6.34. The number of rotatable bonds is 3. The lowest BCUT2D eigenvalue weighted by atomic mass is 10.1. The highest BCUT2D eigenvalue weighted by Gasteiger charge is 2.11. The van der Waals surface area contributed by atoms with Gasteiger partial charge in [-0.15, -0.1) is 0 Å². The van der Waals surface area contributed by atoms with Gasteiger partial charge in [0.15, 0.2) is 0 Å². The van der Waals surface area contributed by atoms with Gasteiger partial charge in [-0.25, -0.2) is 0 Å². The zero-order valence-corrected chi connectivity index (χ0v) is 12.3. The molecule has 0 aliphatic carbocycles. The third-order valence-electron chi connectivity index (χ3n) is 3.12. The molecule has 3 N–H and O–H groups in total. The Balaban J connectivity index is 2.23. The number of hydrogen-bond acceptors (Lipinski definition) is 2. The maximum Gasteiger partial charge on any atom is 0.255 e. The molecule has 0 fully saturated rings. The minimum Gasteiger partial charge on any atom is -0.326 e. The van der Waals surface area contributed by atoms with Crippen molar-refractivity contribution >= 4 is 23.2 Å². The molecular weight excluding hydrogens is 272 g/mol. The summed E-state index contributed by atoms with van der Waals surface area (Å²) >= 11 is 6.18. The molecule has 20 heavy (non-hydrogen) atoms. The van der Waals surface area contributed by atoms with Gasteiger partial charge in [0, 0.05) is 12.1 Å². The first kappa shape index (κ1) is 14.6. The lowest BCUT2D eigenvalue weighted by Crippen LogP contribution is -2.13. The molecule has 0 aliphatic rings. The van der Waals surface area contributed by atoms with Crippen molar-refractivity contribution in [3.05, 3.63) is 63.7 Å². The molecular formula is C16H17ClN2O. The molecule has 0 bridgehead atoms. The molecule has 0 atom stereocenters. The SMILES string of the molecule is Cc1cc(C)c(NC(=O)c2ccc(CN)cc2)c(Cl)c1. The van der Waals surface area contributed by atoms with Gasteiger partial charge in [-0.3, -0.25) is 4.79 Å². The van der Waals surface area contributed by atoms with Gasteiger partial charge in [0.25, 0.3) is 5.91 Å². The van der Waals surface area contributed by atoms with Crippen LogP contribution in [-0.2, 0) is 6.54 Å². The molecule has 0 spiro atoms. The van der Waals surface area contributed by atoms with Crippen molar-refractivity contribution in [2.75, 3.05) is 5.32 Å². The second-order valence-electron chi connectivity index (χ2n) is 4.79. The summed E-state index contributed by atoms with van der Waals surface area (Å²) in [7, 11) is 0. The van der Waals surface area contributed by atoms with E-state index in [-0.39, 0.29) is 5.91 Å². The quantitative estimate of drug-likeness (QED) is 0.905. The molecule has 104 valence electrons. The van der Waals surface area contributed by atoms with Gasteiger partial charge >= 0.3 is 0 Å². The van der Waals surface area contributed by atoms with E-state index >= 15 is 0 Å². The van der Waals surface area contributed by atoms with Crippen molar-refractivity contribution in [2.45, 2.75) is 20.4 Å². The van der Waals surface area contributed by atoms with Crippen LogP contribution in [0.3, 0.4) is 0 Å². The highest BCUT2D eigenvalue weighted by atomic mass is 35.5. The van der Waals surface area contributed by atoms with E-state index in [1.165, 1.54) is 0 Å². The van der Waals surface area contributed by atoms with Gasteiger partial charge in [-0.2, -0.15) is 0 Å². The van der Waals surface area contributed by atoms with Crippen LogP contribution in [0.15, 0.2) is 36.4 Å². The fourth-order valence-electron chi connectivity index (χ4n) is 2.05. The number of nitrogens with two attached hydrogens (primary N) is 1. The van der Waals surface area contributed by atoms with E-state index in [4.69, 9.17) is 17.3 Å². The van der Waals surface area contributed by atoms with E-state index in [1.54, 1.807) is 12.1 Å². The minimum absolute atomic E-state index is 0.178. The van der Waals surface area contributed by atoms with Crippen molar-refractivity contribution in [3.63, 3.8) is 0 Å². The molecule has 4 heteroatoms. The van der Waals surface area contributed by atoms with Crippen LogP contribution in [-0.4, -0.2) is 5.91 Å². The molecule has 0 heterocycles. The average molecular weight is 289 g/mol. The summed E-state index contributed by atoms with van der Waals surface area (Å²) in [5.41, 5.74) is 9.78. The summed E-state index contributed by atoms with van der Waals surface area (Å²) in [6, 6.07) is 11.0. The summed E-state index contributed by atoms with van der Waals surface area (Å²) in [5, 5.41) is 3.41. The van der Waals surface area contributed by atoms with E-state index < -0.39 is 0 Å². The summed E-state index contributed by atoms with van der Waals surface area (Å²) in [5.74, 6) is -0.178. The van der Waals surface area contributed by atoms with Crippen LogP contribution >= 0.6 is 11.6 Å². The fraction of sp³-hybridized carbons (Fsp3) is 0.188. The molecule has 2 aromatic carbocycles. The van der Waals surface area contributed by atoms with Crippen molar-refractivity contribution in [1.82, 2.24) is 0 Å². The first-order chi connectivity index (χ1) is 9.51. The molecule has 1 amide bonds. The largest absolute Gasteiger partial charge is 0.326 e. The second kappa shape index (κ2) is 6.07. The Morgan fingerprint density at radius 1 is 1.20 bits per heavy atom. The number of nitrogens with one attached hydrogen (secondary N) is 1. The monoisotopic (exact) mass is 288 g/mol. The molecule has 2 rings (SSSR count). The molecule has 0 saturated heterocycles. The zero-order valence-electron chi connectivity index (χ0n) is 11.5. The standard InChI is InChI=1S/C16H17ClN2O/c1-10-7-11(2)15(14(17)8-10)19-16(20)13-5-3-12(9-18)4-6-13/h3-8H,9,18H2,1-2H3,(H,19,20). The Morgan fingerprint density at radius 2 is 1.85 bits per heavy atom. The highest BCUT2D eigenvalue weighted by Crippen LogP contribution is 2.27. The number of amides is 1. The van der Waals surface area contributed by atoms with Gasteiger partial charge in [-0.05, 0) is 48.7 Å². The lowest BCUT2D eigenvalue weighted by Gasteiger charge is -2.11. The smallest absolute Gasteiger partial charge is 0.255 e. The van der Waals surface area contributed by atoms with Crippen LogP contribution in [0.4, 0.5) is 5.69 Å². The van der Waals surface area contributed by atoms with Crippen molar-refractivity contribution < 1.29 is 4.79 Å². The number of halogens is 1. The van der Waals surface area contributed by atoms with Gasteiger partial charge in [-0.1, -0.05) is 29.8 Å². The Bertz CT molecular complexity index is 612. The van der Waals surface area contributed by atoms with Gasteiger partial charge in [0.2, 0.25) is 0 Å². The van der Waals surface area contributed by atoms with Crippen LogP contribution in [0.2, 0.25) is 5.02 Å². The Hall–Kier alpha value is -1.84. The first-order valence-electron chi connectivity index (χ1n) is 6.38. The third-order valence-corrected chi connectivity index (χ3v) is 3.42. The molecule has 0 aliphatic heterocycles. The maximum atomic E-state index is 12.2. The van der Waals surface area contributed by atoms with E-state index in [9.17, 15) is 4.79 Å². The number of anilines is 1. The minimum atomic E-state index is -0.178. The number of carbonyl (C=O) groups is 1. The molecule has 0 unspecified atom stereocenters. The molecule has 3 nitrogen and oxygen atoms in total. The number of hydrogen-bond donors (Lipinski definition) is 2. The van der Waals surface area contributed by atoms with Gasteiger partial charge < -0.3 is 11.1 Å². The topological polar surface area (TPSA) is 55.1 Å². The van der Waals surface area contributed by atoms with Gasteiger partial charge in [0.05, 0.1) is 10.7 Å². The fourth-order valence-corrected chi connectivity index (χ4v) is 2.42. The zero-order chi connectivity index (χ0) is 14.7. The van der Waals surface area contributed by atoms with Crippen LogP contribution in [0, 0.1) is 13.8 Å². The Kier molecular flexibility index (Phi) is 4.42. The second-order valence-corrected chi connectivity index (χ2v) is 5.20. The van der Waals surface area contributed by atoms with Crippen LogP contribution in [0.5, 0.6) is 0 Å². The summed E-state index contributed by atoms with van der Waals surface area (Å²) in [6.07, 6.45) is 0. The van der Waals surface area contributed by atoms with Crippen molar-refractivity contribution in [3.8, 4) is 0 Å². The maximum absolute atomic E-state index is 12.2. The predicted octanol–water partition coefficient (Wildman–Crippen LogP) is 3.67. The molecule has 2 aromatic rings. The average Bonchev–Trinajstić information content (AvgIpc) is 2.42. The third kappa shape index (κ3) is 3.18. The first-order valence-corrected chi connectivity index (χ1v) is 6.76. The summed E-state index contributed by atoms with van der Waals surface area (Å²) in [4.78, 5) is 12.2. The number of benzene rings is 2. The number of aryl methyl sites for hydroxylation is 2. The summed E-state index contributed by atoms with van der Waals surface area (Å²) in [6.45, 7) is 4.35. The van der Waals surface area contributed by atoms with Crippen LogP contribution in [0.1, 0.15) is 27.0 Å². The molecule has 0 radical (unpaired) electrons. The van der Waals surface area contributed by atoms with Gasteiger partial charge in [0.1, 0.15) is 0 Å². The number of carbonyl (C=O) groups excluding carboxylic acids is 1.